The number of hydrogen-bond acceptors (Lipinski definition) is 15. The van der Waals surface area contributed by atoms with Crippen molar-refractivity contribution in [3.05, 3.63) is 0 Å². The molecule has 0 aromatic rings. The molecule has 17 nitrogen and oxygen atoms in total. The van der Waals surface area contributed by atoms with Crippen molar-refractivity contribution < 1.29 is 80.2 Å². The maximum absolute atomic E-state index is 13.1. The van der Waals surface area contributed by atoms with Crippen LogP contribution < -0.4 is 0 Å². The molecule has 0 aliphatic rings. The Balaban J connectivity index is 5.26. The van der Waals surface area contributed by atoms with E-state index in [1.165, 1.54) is 193 Å². The van der Waals surface area contributed by atoms with Crippen molar-refractivity contribution in [2.45, 2.75) is 407 Å². The van der Waals surface area contributed by atoms with Gasteiger partial charge in [0.2, 0.25) is 0 Å². The topological polar surface area (TPSA) is 237 Å². The summed E-state index contributed by atoms with van der Waals surface area (Å²) in [4.78, 5) is 72.8. The zero-order valence-electron chi connectivity index (χ0n) is 62.1. The van der Waals surface area contributed by atoms with E-state index in [0.29, 0.717) is 25.7 Å². The predicted octanol–water partition coefficient (Wildman–Crippen LogP) is 22.2. The van der Waals surface area contributed by atoms with E-state index in [1.54, 1.807) is 0 Å². The van der Waals surface area contributed by atoms with Crippen molar-refractivity contribution in [1.29, 1.82) is 0 Å². The van der Waals surface area contributed by atoms with Crippen molar-refractivity contribution in [1.82, 2.24) is 0 Å². The van der Waals surface area contributed by atoms with Gasteiger partial charge in [0, 0.05) is 25.7 Å². The van der Waals surface area contributed by atoms with Crippen molar-refractivity contribution in [2.75, 3.05) is 39.6 Å². The van der Waals surface area contributed by atoms with E-state index in [9.17, 15) is 43.2 Å². The smallest absolute Gasteiger partial charge is 0.462 e. The number of aliphatic hydroxyl groups excluding tert-OH is 1. The summed E-state index contributed by atoms with van der Waals surface area (Å²) < 4.78 is 68.5. The molecule has 0 amide bonds. The summed E-state index contributed by atoms with van der Waals surface area (Å²) >= 11 is 0. The molecule has 0 rings (SSSR count). The Morgan fingerprint density at radius 3 is 0.800 bits per heavy atom. The van der Waals surface area contributed by atoms with Gasteiger partial charge in [-0.1, -0.05) is 337 Å². The van der Waals surface area contributed by atoms with Gasteiger partial charge in [0.05, 0.1) is 26.4 Å². The van der Waals surface area contributed by atoms with Crippen LogP contribution in [-0.4, -0.2) is 96.7 Å². The number of phosphoric ester groups is 2. The lowest BCUT2D eigenvalue weighted by Crippen LogP contribution is -2.30. The summed E-state index contributed by atoms with van der Waals surface area (Å²) in [5.74, 6) is 0.151. The number of phosphoric acid groups is 2. The molecule has 3 unspecified atom stereocenters. The Hall–Kier alpha value is -1.94. The van der Waals surface area contributed by atoms with Crippen LogP contribution in [0.5, 0.6) is 0 Å². The number of aliphatic hydroxyl groups is 1. The zero-order chi connectivity index (χ0) is 70.1. The van der Waals surface area contributed by atoms with Gasteiger partial charge in [-0.05, 0) is 43.4 Å². The van der Waals surface area contributed by atoms with Crippen LogP contribution in [0.15, 0.2) is 0 Å². The molecule has 0 fully saturated rings. The third-order valence-electron chi connectivity index (χ3n) is 18.0. The second-order valence-electron chi connectivity index (χ2n) is 28.6. The van der Waals surface area contributed by atoms with Crippen LogP contribution in [0.4, 0.5) is 0 Å². The molecule has 95 heavy (non-hydrogen) atoms. The highest BCUT2D eigenvalue weighted by molar-refractivity contribution is 7.47. The Labute approximate surface area is 581 Å². The lowest BCUT2D eigenvalue weighted by Gasteiger charge is -2.21. The fraction of sp³-hybridized carbons (Fsp3) is 0.947. The first-order valence-electron chi connectivity index (χ1n) is 39.4. The zero-order valence-corrected chi connectivity index (χ0v) is 63.9. The van der Waals surface area contributed by atoms with Crippen LogP contribution in [0.2, 0.25) is 0 Å². The van der Waals surface area contributed by atoms with Gasteiger partial charge in [-0.3, -0.25) is 37.3 Å². The van der Waals surface area contributed by atoms with Gasteiger partial charge >= 0.3 is 39.5 Å². The van der Waals surface area contributed by atoms with E-state index in [0.717, 1.165) is 114 Å². The largest absolute Gasteiger partial charge is 0.472 e. The molecule has 0 spiro atoms. The van der Waals surface area contributed by atoms with Crippen LogP contribution in [0.1, 0.15) is 389 Å². The standard InChI is InChI=1S/C76H148O17P2/c1-8-10-11-12-13-14-15-16-17-18-21-24-30-35-43-50-57-73(78)86-63-71(92-75(80)59-52-45-36-31-25-22-19-20-23-28-33-40-47-54-67(3)4)65-90-94(82,83)88-61-70(77)62-89-95(84,85)91-66-72(64-87-74(79)58-51-44-39-38-42-49-56-69(7)9-2)93-76(81)60-53-46-37-32-27-26-29-34-41-48-55-68(5)6/h67-72,77H,8-66H2,1-7H3,(H,82,83)(H,84,85)/t69?,70-,71-,72-/m1/s1. The molecule has 0 bridgehead atoms. The first-order valence-corrected chi connectivity index (χ1v) is 42.4. The van der Waals surface area contributed by atoms with Crippen LogP contribution in [0.3, 0.4) is 0 Å². The molecule has 0 aliphatic heterocycles. The van der Waals surface area contributed by atoms with Crippen LogP contribution in [0.25, 0.3) is 0 Å². The Morgan fingerprint density at radius 2 is 0.537 bits per heavy atom. The molecule has 0 saturated carbocycles. The van der Waals surface area contributed by atoms with Crippen molar-refractivity contribution in [3.63, 3.8) is 0 Å². The minimum absolute atomic E-state index is 0.105. The number of hydrogen-bond donors (Lipinski definition) is 3. The van der Waals surface area contributed by atoms with Crippen molar-refractivity contribution >= 4 is 39.5 Å². The fourth-order valence-electron chi connectivity index (χ4n) is 11.6. The van der Waals surface area contributed by atoms with Gasteiger partial charge < -0.3 is 33.8 Å². The van der Waals surface area contributed by atoms with Crippen LogP contribution in [0, 0.1) is 17.8 Å². The Bertz CT molecular complexity index is 1850. The molecule has 0 aliphatic carbocycles. The molecule has 0 saturated heterocycles. The molecule has 0 aromatic carbocycles. The van der Waals surface area contributed by atoms with E-state index in [1.807, 2.05) is 0 Å². The van der Waals surface area contributed by atoms with E-state index < -0.39 is 97.5 Å². The summed E-state index contributed by atoms with van der Waals surface area (Å²) in [6, 6.07) is 0. The summed E-state index contributed by atoms with van der Waals surface area (Å²) in [7, 11) is -9.91. The summed E-state index contributed by atoms with van der Waals surface area (Å²) in [5.41, 5.74) is 0. The number of carbonyl (C=O) groups excluding carboxylic acids is 4. The summed E-state index contributed by atoms with van der Waals surface area (Å²) in [6.45, 7) is 11.9. The third kappa shape index (κ3) is 69.0. The Morgan fingerprint density at radius 1 is 0.305 bits per heavy atom. The lowest BCUT2D eigenvalue weighted by atomic mass is 10.00. The highest BCUT2D eigenvalue weighted by Crippen LogP contribution is 2.45. The van der Waals surface area contributed by atoms with Crippen molar-refractivity contribution in [2.24, 2.45) is 17.8 Å². The number of carbonyl (C=O) groups is 4. The van der Waals surface area contributed by atoms with E-state index >= 15 is 0 Å². The fourth-order valence-corrected chi connectivity index (χ4v) is 13.1. The van der Waals surface area contributed by atoms with Crippen molar-refractivity contribution in [3.8, 4) is 0 Å². The molecule has 0 heterocycles. The first-order chi connectivity index (χ1) is 45.8. The van der Waals surface area contributed by atoms with Gasteiger partial charge in [-0.25, -0.2) is 9.13 Å². The van der Waals surface area contributed by atoms with Gasteiger partial charge in [0.1, 0.15) is 19.3 Å². The monoisotopic (exact) mass is 1400 g/mol. The van der Waals surface area contributed by atoms with E-state index in [2.05, 4.69) is 48.5 Å². The Kier molecular flexibility index (Phi) is 65.2. The van der Waals surface area contributed by atoms with Gasteiger partial charge in [-0.2, -0.15) is 0 Å². The molecule has 6 atom stereocenters. The minimum Gasteiger partial charge on any atom is -0.462 e. The third-order valence-corrected chi connectivity index (χ3v) is 19.9. The average Bonchev–Trinajstić information content (AvgIpc) is 2.40. The van der Waals surface area contributed by atoms with Gasteiger partial charge in [-0.15, -0.1) is 0 Å². The summed E-state index contributed by atoms with van der Waals surface area (Å²) in [6.07, 6.45) is 52.7. The lowest BCUT2D eigenvalue weighted by molar-refractivity contribution is -0.161. The molecule has 0 aromatic heterocycles. The maximum Gasteiger partial charge on any atom is 0.472 e. The predicted molar refractivity (Wildman–Crippen MR) is 386 cm³/mol. The van der Waals surface area contributed by atoms with E-state index in [-0.39, 0.29) is 25.7 Å². The molecular formula is C76H148O17P2. The molecule has 3 N–H and O–H groups in total. The molecule has 0 radical (unpaired) electrons. The van der Waals surface area contributed by atoms with Crippen LogP contribution >= 0.6 is 15.6 Å². The van der Waals surface area contributed by atoms with Gasteiger partial charge in [0.25, 0.3) is 0 Å². The number of unbranched alkanes of at least 4 members (excludes halogenated alkanes) is 41. The number of esters is 4. The van der Waals surface area contributed by atoms with Crippen LogP contribution in [-0.2, 0) is 65.4 Å². The maximum atomic E-state index is 13.1. The van der Waals surface area contributed by atoms with Gasteiger partial charge in [0.15, 0.2) is 12.2 Å². The first kappa shape index (κ1) is 93.1. The molecular weight excluding hydrogens is 1250 g/mol. The highest BCUT2D eigenvalue weighted by Gasteiger charge is 2.30. The number of rotatable bonds is 74. The normalized spacial score (nSPS) is 14.4. The average molecular weight is 1400 g/mol. The SMILES string of the molecule is CCCCCCCCCCCCCCCCCCC(=O)OC[C@H](COP(=O)(O)OC[C@@H](O)COP(=O)(O)OC[C@@H](COC(=O)CCCCCCCCC(C)CC)OC(=O)CCCCCCCCCCCCC(C)C)OC(=O)CCCCCCCCCCCCCCCC(C)C. The second kappa shape index (κ2) is 66.6. The highest BCUT2D eigenvalue weighted by atomic mass is 31.2. The summed E-state index contributed by atoms with van der Waals surface area (Å²) in [5, 5.41) is 10.6. The molecule has 564 valence electrons. The minimum atomic E-state index is -4.96. The molecule has 19 heteroatoms. The quantitative estimate of drug-likeness (QED) is 0.0222. The number of ether oxygens (including phenoxy) is 4. The van der Waals surface area contributed by atoms with E-state index in [4.69, 9.17) is 37.0 Å². The second-order valence-corrected chi connectivity index (χ2v) is 31.5.